The Kier molecular flexibility index (Phi) is 8.27. The third kappa shape index (κ3) is 6.01. The zero-order valence-electron chi connectivity index (χ0n) is 17.0. The molecule has 0 saturated carbocycles. The maximum absolute atomic E-state index is 12.5. The number of anilines is 1. The van der Waals surface area contributed by atoms with E-state index in [0.29, 0.717) is 35.0 Å². The number of methoxy groups -OCH3 is 2. The van der Waals surface area contributed by atoms with Crippen molar-refractivity contribution in [3.63, 3.8) is 0 Å². The van der Waals surface area contributed by atoms with Gasteiger partial charge in [-0.05, 0) is 42.8 Å². The van der Waals surface area contributed by atoms with E-state index in [-0.39, 0.29) is 18.1 Å². The van der Waals surface area contributed by atoms with E-state index in [1.807, 2.05) is 13.0 Å². The highest BCUT2D eigenvalue weighted by atomic mass is 16.5. The number of para-hydroxylation sites is 2. The predicted octanol–water partition coefficient (Wildman–Crippen LogP) is 2.76. The van der Waals surface area contributed by atoms with Crippen molar-refractivity contribution in [3.8, 4) is 23.3 Å². The molecule has 2 rings (SSSR count). The number of likely N-dealkylation sites (N-methyl/N-ethyl adjacent to an activating group) is 1. The molecule has 0 unspecified atom stereocenters. The minimum absolute atomic E-state index is 0.0982. The van der Waals surface area contributed by atoms with E-state index in [1.165, 1.54) is 20.3 Å². The van der Waals surface area contributed by atoms with Crippen LogP contribution in [0.25, 0.3) is 6.08 Å². The van der Waals surface area contributed by atoms with E-state index in [9.17, 15) is 14.9 Å². The quantitative estimate of drug-likeness (QED) is 0.487. The first-order chi connectivity index (χ1) is 14.5. The minimum atomic E-state index is -0.572. The van der Waals surface area contributed by atoms with Crippen LogP contribution in [-0.4, -0.2) is 39.2 Å². The highest BCUT2D eigenvalue weighted by Gasteiger charge is 2.13. The monoisotopic (exact) mass is 409 g/mol. The van der Waals surface area contributed by atoms with Gasteiger partial charge in [0.25, 0.3) is 11.8 Å². The van der Waals surface area contributed by atoms with Gasteiger partial charge < -0.3 is 24.8 Å². The number of benzene rings is 2. The lowest BCUT2D eigenvalue weighted by Crippen LogP contribution is -2.28. The molecule has 0 aliphatic carbocycles. The standard InChI is InChI=1S/C22H23N3O5/c1-4-24-21(26)14-30-19-10-9-15(12-20(19)29-3)11-16(13-23)22(27)25-17-7-5-6-8-18(17)28-2/h5-12H,4,14H2,1-3H3,(H,24,26)(H,25,27)/b16-11+. The van der Waals surface area contributed by atoms with Crippen LogP contribution in [-0.2, 0) is 9.59 Å². The fraction of sp³-hybridized carbons (Fsp3) is 0.227. The molecular formula is C22H23N3O5. The largest absolute Gasteiger partial charge is 0.495 e. The Labute approximate surface area is 175 Å². The van der Waals surface area contributed by atoms with Crippen molar-refractivity contribution in [2.24, 2.45) is 0 Å². The van der Waals surface area contributed by atoms with E-state index in [0.717, 1.165) is 0 Å². The van der Waals surface area contributed by atoms with E-state index >= 15 is 0 Å². The van der Waals surface area contributed by atoms with Crippen LogP contribution in [0.15, 0.2) is 48.0 Å². The first-order valence-corrected chi connectivity index (χ1v) is 9.16. The number of hydrogen-bond acceptors (Lipinski definition) is 6. The third-order valence-corrected chi connectivity index (χ3v) is 3.95. The zero-order valence-corrected chi connectivity index (χ0v) is 17.0. The Morgan fingerprint density at radius 3 is 2.47 bits per heavy atom. The molecule has 8 nitrogen and oxygen atoms in total. The van der Waals surface area contributed by atoms with Crippen molar-refractivity contribution in [2.45, 2.75) is 6.92 Å². The average molecular weight is 409 g/mol. The van der Waals surface area contributed by atoms with Gasteiger partial charge in [0, 0.05) is 6.54 Å². The Morgan fingerprint density at radius 1 is 1.07 bits per heavy atom. The molecule has 2 amide bonds. The summed E-state index contributed by atoms with van der Waals surface area (Å²) in [6.45, 7) is 2.18. The number of nitrogens with one attached hydrogen (secondary N) is 2. The van der Waals surface area contributed by atoms with E-state index in [2.05, 4.69) is 10.6 Å². The van der Waals surface area contributed by atoms with Gasteiger partial charge in [-0.25, -0.2) is 0 Å². The maximum atomic E-state index is 12.5. The van der Waals surface area contributed by atoms with Crippen molar-refractivity contribution in [1.29, 1.82) is 5.26 Å². The van der Waals surface area contributed by atoms with Gasteiger partial charge in [0.2, 0.25) is 0 Å². The lowest BCUT2D eigenvalue weighted by molar-refractivity contribution is -0.123. The summed E-state index contributed by atoms with van der Waals surface area (Å²) in [5, 5.41) is 14.7. The van der Waals surface area contributed by atoms with E-state index < -0.39 is 5.91 Å². The number of rotatable bonds is 9. The van der Waals surface area contributed by atoms with E-state index in [4.69, 9.17) is 14.2 Å². The van der Waals surface area contributed by atoms with Crippen molar-refractivity contribution in [3.05, 3.63) is 53.6 Å². The molecule has 30 heavy (non-hydrogen) atoms. The third-order valence-electron chi connectivity index (χ3n) is 3.95. The van der Waals surface area contributed by atoms with Crippen molar-refractivity contribution >= 4 is 23.6 Å². The summed E-state index contributed by atoms with van der Waals surface area (Å²) in [6.07, 6.45) is 1.43. The molecule has 0 radical (unpaired) electrons. The number of carbonyl (C=O) groups excluding carboxylic acids is 2. The number of nitriles is 1. The summed E-state index contributed by atoms with van der Waals surface area (Å²) in [5.41, 5.74) is 0.917. The molecule has 156 valence electrons. The van der Waals surface area contributed by atoms with Crippen LogP contribution in [0.3, 0.4) is 0 Å². The van der Waals surface area contributed by atoms with Gasteiger partial charge in [0.05, 0.1) is 19.9 Å². The summed E-state index contributed by atoms with van der Waals surface area (Å²) in [5.74, 6) is 0.410. The van der Waals surface area contributed by atoms with Crippen molar-refractivity contribution in [1.82, 2.24) is 5.32 Å². The fourth-order valence-corrected chi connectivity index (χ4v) is 2.54. The molecule has 0 aliphatic heterocycles. The fourth-order valence-electron chi connectivity index (χ4n) is 2.54. The Hall–Kier alpha value is -3.99. The topological polar surface area (TPSA) is 110 Å². The molecule has 0 atom stereocenters. The first-order valence-electron chi connectivity index (χ1n) is 9.16. The van der Waals surface area contributed by atoms with Gasteiger partial charge in [-0.15, -0.1) is 0 Å². The van der Waals surface area contributed by atoms with Gasteiger partial charge in [-0.2, -0.15) is 5.26 Å². The van der Waals surface area contributed by atoms with Gasteiger partial charge in [0.15, 0.2) is 18.1 Å². The minimum Gasteiger partial charge on any atom is -0.495 e. The number of nitrogens with zero attached hydrogens (tertiary/aromatic N) is 1. The smallest absolute Gasteiger partial charge is 0.266 e. The molecule has 2 aromatic carbocycles. The normalized spacial score (nSPS) is 10.5. The van der Waals surface area contributed by atoms with Crippen LogP contribution < -0.4 is 24.8 Å². The summed E-state index contributed by atoms with van der Waals surface area (Å²) < 4.78 is 16.0. The number of hydrogen-bond donors (Lipinski definition) is 2. The van der Waals surface area contributed by atoms with Crippen molar-refractivity contribution < 1.29 is 23.8 Å². The molecule has 8 heteroatoms. The van der Waals surface area contributed by atoms with Crippen LogP contribution in [0.2, 0.25) is 0 Å². The van der Waals surface area contributed by atoms with Crippen molar-refractivity contribution in [2.75, 3.05) is 32.7 Å². The van der Waals surface area contributed by atoms with Crippen LogP contribution in [0.4, 0.5) is 5.69 Å². The number of ether oxygens (including phenoxy) is 3. The SMILES string of the molecule is CCNC(=O)COc1ccc(/C=C(\C#N)C(=O)Nc2ccccc2OC)cc1OC. The molecule has 0 aliphatic rings. The molecule has 2 aromatic rings. The Balaban J connectivity index is 2.19. The van der Waals surface area contributed by atoms with Crippen LogP contribution in [0, 0.1) is 11.3 Å². The molecule has 0 saturated heterocycles. The highest BCUT2D eigenvalue weighted by molar-refractivity contribution is 6.10. The average Bonchev–Trinajstić information content (AvgIpc) is 2.76. The lowest BCUT2D eigenvalue weighted by atomic mass is 10.1. The summed E-state index contributed by atoms with van der Waals surface area (Å²) >= 11 is 0. The summed E-state index contributed by atoms with van der Waals surface area (Å²) in [6, 6.07) is 13.7. The van der Waals surface area contributed by atoms with Crippen LogP contribution in [0.5, 0.6) is 17.2 Å². The molecule has 0 bridgehead atoms. The van der Waals surface area contributed by atoms with E-state index in [1.54, 1.807) is 42.5 Å². The Bertz CT molecular complexity index is 979. The molecular weight excluding hydrogens is 386 g/mol. The maximum Gasteiger partial charge on any atom is 0.266 e. The second kappa shape index (κ2) is 11.1. The lowest BCUT2D eigenvalue weighted by Gasteiger charge is -2.11. The van der Waals surface area contributed by atoms with Crippen LogP contribution in [0.1, 0.15) is 12.5 Å². The molecule has 0 spiro atoms. The molecule has 0 aromatic heterocycles. The molecule has 2 N–H and O–H groups in total. The number of carbonyl (C=O) groups is 2. The van der Waals surface area contributed by atoms with Gasteiger partial charge >= 0.3 is 0 Å². The summed E-state index contributed by atoms with van der Waals surface area (Å²) in [4.78, 5) is 24.1. The molecule has 0 fully saturated rings. The van der Waals surface area contributed by atoms with Gasteiger partial charge in [-0.3, -0.25) is 9.59 Å². The predicted molar refractivity (Wildman–Crippen MR) is 112 cm³/mol. The Morgan fingerprint density at radius 2 is 1.80 bits per heavy atom. The second-order valence-electron chi connectivity index (χ2n) is 5.98. The molecule has 0 heterocycles. The summed E-state index contributed by atoms with van der Waals surface area (Å²) in [7, 11) is 2.95. The second-order valence-corrected chi connectivity index (χ2v) is 5.98. The number of amides is 2. The van der Waals surface area contributed by atoms with Gasteiger partial charge in [-0.1, -0.05) is 18.2 Å². The van der Waals surface area contributed by atoms with Gasteiger partial charge in [0.1, 0.15) is 17.4 Å². The van der Waals surface area contributed by atoms with Crippen LogP contribution >= 0.6 is 0 Å². The zero-order chi connectivity index (χ0) is 21.9. The highest BCUT2D eigenvalue weighted by Crippen LogP contribution is 2.29. The first kappa shape index (κ1) is 22.3.